The number of methoxy groups -OCH3 is 1. The zero-order chi connectivity index (χ0) is 19.8. The number of guanidine groups is 1. The number of likely N-dealkylation sites (tertiary alicyclic amines) is 1. The van der Waals surface area contributed by atoms with Gasteiger partial charge in [0.1, 0.15) is 0 Å². The van der Waals surface area contributed by atoms with Crippen molar-refractivity contribution in [1.29, 1.82) is 0 Å². The summed E-state index contributed by atoms with van der Waals surface area (Å²) in [6.07, 6.45) is 7.52. The molecule has 1 aliphatic carbocycles. The average Bonchev–Trinajstić information content (AvgIpc) is 3.24. The Morgan fingerprint density at radius 2 is 1.89 bits per heavy atom. The van der Waals surface area contributed by atoms with Crippen LogP contribution in [0.25, 0.3) is 0 Å². The van der Waals surface area contributed by atoms with Gasteiger partial charge in [-0.1, -0.05) is 12.1 Å². The molecular weight excluding hydrogens is 354 g/mol. The van der Waals surface area contributed by atoms with Gasteiger partial charge >= 0.3 is 0 Å². The first kappa shape index (κ1) is 20.8. The molecule has 1 aromatic rings. The highest BCUT2D eigenvalue weighted by molar-refractivity contribution is 5.80. The van der Waals surface area contributed by atoms with E-state index in [0.717, 1.165) is 68.4 Å². The van der Waals surface area contributed by atoms with Crippen molar-refractivity contribution in [2.45, 2.75) is 64.2 Å². The first-order chi connectivity index (χ1) is 13.7. The topological polar surface area (TPSA) is 55.3 Å². The van der Waals surface area contributed by atoms with Crippen molar-refractivity contribution < 1.29 is 14.2 Å². The number of para-hydroxylation sites is 1. The lowest BCUT2D eigenvalue weighted by Crippen LogP contribution is -2.46. The van der Waals surface area contributed by atoms with Gasteiger partial charge in [0, 0.05) is 38.9 Å². The highest BCUT2D eigenvalue weighted by Gasteiger charge is 2.23. The van der Waals surface area contributed by atoms with Crippen molar-refractivity contribution in [2.24, 2.45) is 4.99 Å². The summed E-state index contributed by atoms with van der Waals surface area (Å²) in [7, 11) is 3.55. The Morgan fingerprint density at radius 3 is 2.54 bits per heavy atom. The van der Waals surface area contributed by atoms with Crippen LogP contribution in [0.4, 0.5) is 0 Å². The number of piperidine rings is 1. The molecule has 1 heterocycles. The predicted molar refractivity (Wildman–Crippen MR) is 112 cm³/mol. The van der Waals surface area contributed by atoms with Gasteiger partial charge in [-0.15, -0.1) is 0 Å². The number of rotatable bonds is 7. The van der Waals surface area contributed by atoms with E-state index in [-0.39, 0.29) is 0 Å². The third-order valence-electron chi connectivity index (χ3n) is 5.66. The summed E-state index contributed by atoms with van der Waals surface area (Å²) in [5, 5.41) is 3.52. The number of nitrogens with zero attached hydrogens (tertiary/aromatic N) is 2. The molecule has 1 saturated carbocycles. The van der Waals surface area contributed by atoms with E-state index < -0.39 is 0 Å². The number of benzene rings is 1. The van der Waals surface area contributed by atoms with E-state index in [9.17, 15) is 0 Å². The lowest BCUT2D eigenvalue weighted by atomic mass is 10.1. The molecule has 0 bridgehead atoms. The van der Waals surface area contributed by atoms with Gasteiger partial charge in [-0.2, -0.15) is 0 Å². The van der Waals surface area contributed by atoms with Crippen LogP contribution in [0.2, 0.25) is 0 Å². The van der Waals surface area contributed by atoms with Crippen LogP contribution in [0.15, 0.2) is 23.2 Å². The minimum atomic E-state index is 0.298. The Morgan fingerprint density at radius 1 is 1.14 bits per heavy atom. The lowest BCUT2D eigenvalue weighted by Gasteiger charge is -2.34. The van der Waals surface area contributed by atoms with Crippen molar-refractivity contribution >= 4 is 5.96 Å². The minimum Gasteiger partial charge on any atom is -0.493 e. The Balaban J connectivity index is 1.62. The maximum absolute atomic E-state index is 6.35. The van der Waals surface area contributed by atoms with E-state index in [0.29, 0.717) is 18.8 Å². The summed E-state index contributed by atoms with van der Waals surface area (Å²) >= 11 is 0. The zero-order valence-electron chi connectivity index (χ0n) is 17.6. The quantitative estimate of drug-likeness (QED) is 0.570. The average molecular weight is 390 g/mol. The molecule has 3 rings (SSSR count). The van der Waals surface area contributed by atoms with Crippen LogP contribution in [-0.2, 0) is 11.3 Å². The molecular formula is C22H35N3O3. The first-order valence-electron chi connectivity index (χ1n) is 10.6. The Labute approximate surface area is 169 Å². The minimum absolute atomic E-state index is 0.298. The Bertz CT molecular complexity index is 636. The van der Waals surface area contributed by atoms with Crippen molar-refractivity contribution in [3.8, 4) is 11.5 Å². The van der Waals surface area contributed by atoms with Crippen LogP contribution < -0.4 is 14.8 Å². The molecule has 0 spiro atoms. The second-order valence-electron chi connectivity index (χ2n) is 7.52. The van der Waals surface area contributed by atoms with Gasteiger partial charge in [-0.05, 0) is 51.5 Å². The molecule has 0 radical (unpaired) electrons. The monoisotopic (exact) mass is 389 g/mol. The standard InChI is InChI=1S/C22H35N3O3/c1-4-27-18-12-14-25(15-13-18)22(23-2)24-16-17-8-7-11-20(26-3)21(17)28-19-9-5-6-10-19/h7-8,11,18-19H,4-6,9-10,12-16H2,1-3H3,(H,23,24). The maximum Gasteiger partial charge on any atom is 0.193 e. The first-order valence-corrected chi connectivity index (χ1v) is 10.6. The van der Waals surface area contributed by atoms with Gasteiger partial charge in [0.2, 0.25) is 0 Å². The molecule has 0 amide bonds. The molecule has 6 nitrogen and oxygen atoms in total. The fourth-order valence-corrected chi connectivity index (χ4v) is 4.14. The highest BCUT2D eigenvalue weighted by Crippen LogP contribution is 2.34. The molecule has 1 saturated heterocycles. The lowest BCUT2D eigenvalue weighted by molar-refractivity contribution is 0.0263. The molecule has 0 atom stereocenters. The maximum atomic E-state index is 6.35. The molecule has 1 aromatic carbocycles. The normalized spacial score (nSPS) is 19.1. The van der Waals surface area contributed by atoms with Crippen molar-refractivity contribution in [1.82, 2.24) is 10.2 Å². The van der Waals surface area contributed by atoms with Crippen LogP contribution in [0, 0.1) is 0 Å². The smallest absolute Gasteiger partial charge is 0.193 e. The van der Waals surface area contributed by atoms with E-state index in [1.54, 1.807) is 7.11 Å². The van der Waals surface area contributed by atoms with Crippen LogP contribution in [0.1, 0.15) is 51.0 Å². The van der Waals surface area contributed by atoms with Gasteiger partial charge in [0.15, 0.2) is 17.5 Å². The summed E-state index contributed by atoms with van der Waals surface area (Å²) in [5.41, 5.74) is 1.11. The van der Waals surface area contributed by atoms with Gasteiger partial charge in [-0.3, -0.25) is 4.99 Å². The summed E-state index contributed by atoms with van der Waals surface area (Å²) in [4.78, 5) is 6.80. The molecule has 2 aliphatic rings. The number of aliphatic imine (C=N–C) groups is 1. The Hall–Kier alpha value is -1.95. The Kier molecular flexibility index (Phi) is 7.83. The van der Waals surface area contributed by atoms with Crippen LogP contribution in [0.5, 0.6) is 11.5 Å². The molecule has 1 aliphatic heterocycles. The van der Waals surface area contributed by atoms with Crippen molar-refractivity contribution in [2.75, 3.05) is 33.9 Å². The van der Waals surface area contributed by atoms with Gasteiger partial charge in [0.25, 0.3) is 0 Å². The molecule has 1 N–H and O–H groups in total. The molecule has 28 heavy (non-hydrogen) atoms. The molecule has 6 heteroatoms. The van der Waals surface area contributed by atoms with E-state index in [1.807, 2.05) is 19.2 Å². The fraction of sp³-hybridized carbons (Fsp3) is 0.682. The van der Waals surface area contributed by atoms with Crippen molar-refractivity contribution in [3.63, 3.8) is 0 Å². The number of hydrogen-bond donors (Lipinski definition) is 1. The fourth-order valence-electron chi connectivity index (χ4n) is 4.14. The summed E-state index contributed by atoms with van der Waals surface area (Å²) in [6, 6.07) is 6.10. The summed E-state index contributed by atoms with van der Waals surface area (Å²) in [6.45, 7) is 5.45. The van der Waals surface area contributed by atoms with E-state index >= 15 is 0 Å². The van der Waals surface area contributed by atoms with E-state index in [1.165, 1.54) is 12.8 Å². The second kappa shape index (κ2) is 10.6. The largest absolute Gasteiger partial charge is 0.493 e. The SMILES string of the molecule is CCOC1CCN(C(=NC)NCc2cccc(OC)c2OC2CCCC2)CC1. The molecule has 0 unspecified atom stereocenters. The number of hydrogen-bond acceptors (Lipinski definition) is 4. The molecule has 2 fully saturated rings. The third kappa shape index (κ3) is 5.31. The zero-order valence-corrected chi connectivity index (χ0v) is 17.6. The van der Waals surface area contributed by atoms with Crippen molar-refractivity contribution in [3.05, 3.63) is 23.8 Å². The van der Waals surface area contributed by atoms with E-state index in [4.69, 9.17) is 14.2 Å². The molecule has 0 aromatic heterocycles. The summed E-state index contributed by atoms with van der Waals surface area (Å²) in [5.74, 6) is 2.61. The van der Waals surface area contributed by atoms with Gasteiger partial charge in [0.05, 0.1) is 19.3 Å². The van der Waals surface area contributed by atoms with Gasteiger partial charge in [-0.25, -0.2) is 0 Å². The number of nitrogens with one attached hydrogen (secondary N) is 1. The van der Waals surface area contributed by atoms with Gasteiger partial charge < -0.3 is 24.4 Å². The highest BCUT2D eigenvalue weighted by atomic mass is 16.5. The van der Waals surface area contributed by atoms with Crippen LogP contribution in [-0.4, -0.2) is 56.9 Å². The van der Waals surface area contributed by atoms with Crippen LogP contribution >= 0.6 is 0 Å². The second-order valence-corrected chi connectivity index (χ2v) is 7.52. The van der Waals surface area contributed by atoms with Crippen LogP contribution in [0.3, 0.4) is 0 Å². The number of ether oxygens (including phenoxy) is 3. The summed E-state index contributed by atoms with van der Waals surface area (Å²) < 4.78 is 17.7. The van der Waals surface area contributed by atoms with E-state index in [2.05, 4.69) is 28.2 Å². The predicted octanol–water partition coefficient (Wildman–Crippen LogP) is 3.59. The molecule has 156 valence electrons. The third-order valence-corrected chi connectivity index (χ3v) is 5.66.